The Morgan fingerprint density at radius 1 is 1.17 bits per heavy atom. The highest BCUT2D eigenvalue weighted by atomic mass is 79.9. The molecule has 0 saturated heterocycles. The molecule has 0 amide bonds. The van der Waals surface area contributed by atoms with Gasteiger partial charge in [-0.1, -0.05) is 45.8 Å². The first-order valence-electron chi connectivity index (χ1n) is 4.30. The highest BCUT2D eigenvalue weighted by Gasteiger charge is 2.08. The number of hydrogen-bond donors (Lipinski definition) is 0. The summed E-state index contributed by atoms with van der Waals surface area (Å²) in [6.45, 7) is 0. The second kappa shape index (κ2) is 3.44. The lowest BCUT2D eigenvalue weighted by Crippen LogP contribution is -1.95. The van der Waals surface area contributed by atoms with Crippen LogP contribution in [0.25, 0.3) is 6.08 Å². The van der Waals surface area contributed by atoms with Crippen LogP contribution >= 0.6 is 15.9 Å². The van der Waals surface area contributed by atoms with Gasteiger partial charge in [0, 0.05) is 4.47 Å². The normalized spacial score (nSPS) is 15.6. The third-order valence-corrected chi connectivity index (χ3v) is 2.98. The highest BCUT2D eigenvalue weighted by molar-refractivity contribution is 9.10. The molecule has 0 spiro atoms. The molecule has 1 saturated carbocycles. The monoisotopic (exact) mass is 222 g/mol. The van der Waals surface area contributed by atoms with E-state index in [9.17, 15) is 0 Å². The summed E-state index contributed by atoms with van der Waals surface area (Å²) in [5, 5.41) is 0. The fraction of sp³-hybridized carbons (Fsp3) is 0.273. The molecule has 0 unspecified atom stereocenters. The molecule has 0 N–H and O–H groups in total. The van der Waals surface area contributed by atoms with Gasteiger partial charge in [0.25, 0.3) is 0 Å². The van der Waals surface area contributed by atoms with E-state index in [4.69, 9.17) is 0 Å². The van der Waals surface area contributed by atoms with E-state index in [1.165, 1.54) is 29.3 Å². The fourth-order valence-electron chi connectivity index (χ4n) is 1.34. The lowest BCUT2D eigenvalue weighted by molar-refractivity contribution is 0.670. The molecule has 0 atom stereocenters. The Labute approximate surface area is 81.4 Å². The molecule has 1 fully saturated rings. The summed E-state index contributed by atoms with van der Waals surface area (Å²) in [6, 6.07) is 8.36. The molecule has 0 aliphatic heterocycles. The first kappa shape index (κ1) is 8.06. The summed E-state index contributed by atoms with van der Waals surface area (Å²) in [7, 11) is 0. The van der Waals surface area contributed by atoms with Gasteiger partial charge in [0.2, 0.25) is 0 Å². The lowest BCUT2D eigenvalue weighted by atomic mass is 9.91. The summed E-state index contributed by atoms with van der Waals surface area (Å²) >= 11 is 3.53. The van der Waals surface area contributed by atoms with E-state index >= 15 is 0 Å². The molecule has 62 valence electrons. The Kier molecular flexibility index (Phi) is 2.31. The van der Waals surface area contributed by atoms with Crippen molar-refractivity contribution >= 4 is 22.0 Å². The van der Waals surface area contributed by atoms with Gasteiger partial charge in [-0.2, -0.15) is 0 Å². The molecule has 0 bridgehead atoms. The minimum Gasteiger partial charge on any atom is -0.0696 e. The fourth-order valence-corrected chi connectivity index (χ4v) is 1.74. The molecule has 1 aromatic rings. The van der Waals surface area contributed by atoms with Crippen molar-refractivity contribution in [3.63, 3.8) is 0 Å². The summed E-state index contributed by atoms with van der Waals surface area (Å²) in [5.41, 5.74) is 2.90. The molecule has 1 aliphatic carbocycles. The number of benzene rings is 1. The zero-order valence-electron chi connectivity index (χ0n) is 6.89. The molecule has 0 heterocycles. The maximum atomic E-state index is 3.53. The van der Waals surface area contributed by atoms with E-state index in [0.717, 1.165) is 0 Å². The maximum Gasteiger partial charge on any atom is 0.0247 e. The van der Waals surface area contributed by atoms with Crippen molar-refractivity contribution in [1.82, 2.24) is 0 Å². The van der Waals surface area contributed by atoms with E-state index in [0.29, 0.717) is 0 Å². The van der Waals surface area contributed by atoms with Crippen molar-refractivity contribution in [2.24, 2.45) is 0 Å². The third-order valence-electron chi connectivity index (χ3n) is 2.26. The van der Waals surface area contributed by atoms with Crippen molar-refractivity contribution in [2.45, 2.75) is 19.3 Å². The van der Waals surface area contributed by atoms with E-state index in [-0.39, 0.29) is 0 Å². The van der Waals surface area contributed by atoms with E-state index < -0.39 is 0 Å². The van der Waals surface area contributed by atoms with Crippen LogP contribution in [0.5, 0.6) is 0 Å². The quantitative estimate of drug-likeness (QED) is 0.674. The zero-order valence-corrected chi connectivity index (χ0v) is 8.47. The number of hydrogen-bond acceptors (Lipinski definition) is 0. The predicted molar refractivity (Wildman–Crippen MR) is 56.0 cm³/mol. The molecule has 0 radical (unpaired) electrons. The van der Waals surface area contributed by atoms with E-state index in [1.807, 2.05) is 6.07 Å². The van der Waals surface area contributed by atoms with Gasteiger partial charge >= 0.3 is 0 Å². The van der Waals surface area contributed by atoms with Crippen molar-refractivity contribution in [2.75, 3.05) is 0 Å². The lowest BCUT2D eigenvalue weighted by Gasteiger charge is -2.16. The van der Waals surface area contributed by atoms with Gasteiger partial charge in [-0.05, 0) is 30.9 Å². The second-order valence-corrected chi connectivity index (χ2v) is 4.03. The standard InChI is InChI=1S/C11H11Br/c12-11-7-2-1-6-10(11)8-9-4-3-5-9/h1-2,6-8H,3-5H2. The van der Waals surface area contributed by atoms with E-state index in [1.54, 1.807) is 5.57 Å². The smallest absolute Gasteiger partial charge is 0.0247 e. The first-order valence-corrected chi connectivity index (χ1v) is 5.09. The molecule has 1 aliphatic rings. The summed E-state index contributed by atoms with van der Waals surface area (Å²) in [6.07, 6.45) is 6.26. The highest BCUT2D eigenvalue weighted by Crippen LogP contribution is 2.29. The SMILES string of the molecule is Brc1ccccc1C=C1CCC1. The van der Waals surface area contributed by atoms with Gasteiger partial charge in [-0.25, -0.2) is 0 Å². The minimum atomic E-state index is 1.20. The summed E-state index contributed by atoms with van der Waals surface area (Å²) in [4.78, 5) is 0. The zero-order chi connectivity index (χ0) is 8.39. The van der Waals surface area contributed by atoms with Crippen LogP contribution in [0.1, 0.15) is 24.8 Å². The Balaban J connectivity index is 2.27. The minimum absolute atomic E-state index is 1.20. The topological polar surface area (TPSA) is 0 Å². The van der Waals surface area contributed by atoms with Crippen LogP contribution in [0.2, 0.25) is 0 Å². The average Bonchev–Trinajstić information content (AvgIpc) is 2.00. The van der Waals surface area contributed by atoms with Crippen LogP contribution in [0.3, 0.4) is 0 Å². The predicted octanol–water partition coefficient (Wildman–Crippen LogP) is 4.02. The van der Waals surface area contributed by atoms with Crippen LogP contribution in [-0.2, 0) is 0 Å². The molecule has 2 rings (SSSR count). The molecule has 1 heteroatoms. The van der Waals surface area contributed by atoms with Gasteiger partial charge in [0.1, 0.15) is 0 Å². The largest absolute Gasteiger partial charge is 0.0696 e. The molecule has 1 aromatic carbocycles. The summed E-state index contributed by atoms with van der Waals surface area (Å²) < 4.78 is 1.20. The first-order chi connectivity index (χ1) is 5.86. The second-order valence-electron chi connectivity index (χ2n) is 3.18. The van der Waals surface area contributed by atoms with Gasteiger partial charge in [0.05, 0.1) is 0 Å². The molecule has 0 nitrogen and oxygen atoms in total. The third kappa shape index (κ3) is 1.61. The summed E-state index contributed by atoms with van der Waals surface area (Å²) in [5.74, 6) is 0. The number of halogens is 1. The Hall–Kier alpha value is -0.560. The van der Waals surface area contributed by atoms with Crippen molar-refractivity contribution < 1.29 is 0 Å². The van der Waals surface area contributed by atoms with Crippen molar-refractivity contribution in [3.8, 4) is 0 Å². The van der Waals surface area contributed by atoms with Crippen LogP contribution in [0.15, 0.2) is 34.3 Å². The van der Waals surface area contributed by atoms with Crippen molar-refractivity contribution in [1.29, 1.82) is 0 Å². The molecule has 12 heavy (non-hydrogen) atoms. The van der Waals surface area contributed by atoms with Crippen LogP contribution < -0.4 is 0 Å². The Morgan fingerprint density at radius 2 is 1.92 bits per heavy atom. The van der Waals surface area contributed by atoms with Crippen LogP contribution in [0.4, 0.5) is 0 Å². The van der Waals surface area contributed by atoms with Crippen LogP contribution in [0, 0.1) is 0 Å². The average molecular weight is 223 g/mol. The Morgan fingerprint density at radius 3 is 2.50 bits per heavy atom. The van der Waals surface area contributed by atoms with Gasteiger partial charge < -0.3 is 0 Å². The maximum absolute atomic E-state index is 3.53. The van der Waals surface area contributed by atoms with Gasteiger partial charge in [-0.15, -0.1) is 0 Å². The molecule has 0 aromatic heterocycles. The van der Waals surface area contributed by atoms with Gasteiger partial charge in [-0.3, -0.25) is 0 Å². The number of rotatable bonds is 1. The van der Waals surface area contributed by atoms with E-state index in [2.05, 4.69) is 40.2 Å². The Bertz CT molecular complexity index is 307. The van der Waals surface area contributed by atoms with Crippen molar-refractivity contribution in [3.05, 3.63) is 39.9 Å². The van der Waals surface area contributed by atoms with Gasteiger partial charge in [0.15, 0.2) is 0 Å². The molecular formula is C11H11Br. The molecular weight excluding hydrogens is 212 g/mol. The van der Waals surface area contributed by atoms with Crippen LogP contribution in [-0.4, -0.2) is 0 Å². The number of allylic oxidation sites excluding steroid dienone is 1.